The Hall–Kier alpha value is -0.830. The normalized spacial score (nSPS) is 16.3. The molecule has 2 nitrogen and oxygen atoms in total. The third-order valence-corrected chi connectivity index (χ3v) is 3.70. The molecule has 0 spiro atoms. The molecule has 0 unspecified atom stereocenters. The van der Waals surface area contributed by atoms with Gasteiger partial charge in [0.05, 0.1) is 10.6 Å². The average Bonchev–Trinajstić information content (AvgIpc) is 2.29. The maximum atomic E-state index is 11.7. The number of fused-ring (bicyclic) bond motifs is 1. The van der Waals surface area contributed by atoms with E-state index in [2.05, 4.69) is 12.2 Å². The van der Waals surface area contributed by atoms with Crippen LogP contribution < -0.4 is 5.32 Å². The van der Waals surface area contributed by atoms with E-state index in [9.17, 15) is 4.79 Å². The molecule has 0 aliphatic carbocycles. The maximum Gasteiger partial charge on any atom is 0.166 e. The lowest BCUT2D eigenvalue weighted by Gasteiger charge is -1.98. The lowest BCUT2D eigenvalue weighted by molar-refractivity contribution is 0.0983. The second-order valence-electron chi connectivity index (χ2n) is 3.44. The van der Waals surface area contributed by atoms with Gasteiger partial charge < -0.3 is 5.32 Å². The van der Waals surface area contributed by atoms with Gasteiger partial charge in [0.25, 0.3) is 0 Å². The second-order valence-corrected chi connectivity index (χ2v) is 4.67. The fraction of sp³-hybridized carbons (Fsp3) is 0.500. The van der Waals surface area contributed by atoms with Crippen molar-refractivity contribution >= 4 is 22.1 Å². The largest absolute Gasteiger partial charge is 0.376 e. The zero-order chi connectivity index (χ0) is 9.42. The lowest BCUT2D eigenvalue weighted by atomic mass is 10.1. The Labute approximate surface area is 82.0 Å². The zero-order valence-corrected chi connectivity index (χ0v) is 8.75. The summed E-state index contributed by atoms with van der Waals surface area (Å²) in [4.78, 5) is 13.0. The Morgan fingerprint density at radius 3 is 2.92 bits per heavy atom. The number of Topliss-reactive ketones (excluding diaryl/α,β-unsaturated/α-hetero) is 1. The van der Waals surface area contributed by atoms with Gasteiger partial charge >= 0.3 is 0 Å². The molecule has 3 heteroatoms. The van der Waals surface area contributed by atoms with E-state index in [4.69, 9.17) is 0 Å². The molecule has 0 atom stereocenters. The Balaban J connectivity index is 2.54. The third kappa shape index (κ3) is 1.37. The summed E-state index contributed by atoms with van der Waals surface area (Å²) in [5.41, 5.74) is 2.11. The van der Waals surface area contributed by atoms with E-state index in [0.29, 0.717) is 12.2 Å². The van der Waals surface area contributed by atoms with Crippen LogP contribution in [0.4, 0.5) is 5.00 Å². The summed E-state index contributed by atoms with van der Waals surface area (Å²) in [6.07, 6.45) is 1.65. The molecule has 0 saturated carbocycles. The highest BCUT2D eigenvalue weighted by atomic mass is 32.1. The highest BCUT2D eigenvalue weighted by Crippen LogP contribution is 2.34. The molecule has 1 aliphatic rings. The number of carbonyl (C=O) groups is 1. The molecule has 2 heterocycles. The number of hydrogen-bond acceptors (Lipinski definition) is 3. The maximum absolute atomic E-state index is 11.7. The molecular formula is C10H13NOS. The van der Waals surface area contributed by atoms with Gasteiger partial charge in [-0.2, -0.15) is 0 Å². The van der Waals surface area contributed by atoms with Crippen LogP contribution in [0.25, 0.3) is 0 Å². The minimum Gasteiger partial charge on any atom is -0.376 e. The Morgan fingerprint density at radius 2 is 2.15 bits per heavy atom. The molecule has 0 fully saturated rings. The molecule has 1 aromatic rings. The second kappa shape index (κ2) is 3.14. The quantitative estimate of drug-likeness (QED) is 0.689. The first-order chi connectivity index (χ1) is 6.20. The number of anilines is 1. The van der Waals surface area contributed by atoms with Crippen LogP contribution >= 0.6 is 11.3 Å². The van der Waals surface area contributed by atoms with Crippen molar-refractivity contribution in [3.8, 4) is 0 Å². The number of carbonyl (C=O) groups excluding carboxylic acids is 1. The Kier molecular flexibility index (Phi) is 2.12. The first-order valence-corrected chi connectivity index (χ1v) is 5.39. The Morgan fingerprint density at radius 1 is 1.38 bits per heavy atom. The number of ketones is 1. The summed E-state index contributed by atoms with van der Waals surface area (Å²) >= 11 is 1.70. The summed E-state index contributed by atoms with van der Waals surface area (Å²) in [5, 5.41) is 4.40. The number of thiophene rings is 1. The molecule has 2 rings (SSSR count). The first-order valence-electron chi connectivity index (χ1n) is 4.57. The molecule has 1 aromatic heterocycles. The first kappa shape index (κ1) is 8.75. The number of rotatable bonds is 0. The zero-order valence-electron chi connectivity index (χ0n) is 7.94. The summed E-state index contributed by atoms with van der Waals surface area (Å²) in [7, 11) is 0. The lowest BCUT2D eigenvalue weighted by Crippen LogP contribution is -1.97. The molecule has 1 N–H and O–H groups in total. The van der Waals surface area contributed by atoms with Gasteiger partial charge in [-0.05, 0) is 25.8 Å². The van der Waals surface area contributed by atoms with E-state index in [-0.39, 0.29) is 0 Å². The van der Waals surface area contributed by atoms with Crippen LogP contribution in [0.3, 0.4) is 0 Å². The molecule has 0 amide bonds. The summed E-state index contributed by atoms with van der Waals surface area (Å²) < 4.78 is 0. The molecule has 0 radical (unpaired) electrons. The molecule has 0 bridgehead atoms. The topological polar surface area (TPSA) is 29.1 Å². The van der Waals surface area contributed by atoms with E-state index in [1.807, 2.05) is 6.92 Å². The molecular weight excluding hydrogens is 182 g/mol. The molecule has 0 saturated heterocycles. The fourth-order valence-corrected chi connectivity index (χ4v) is 2.77. The minimum absolute atomic E-state index is 0.307. The van der Waals surface area contributed by atoms with Gasteiger partial charge in [0.1, 0.15) is 0 Å². The van der Waals surface area contributed by atoms with Gasteiger partial charge in [-0.25, -0.2) is 0 Å². The van der Waals surface area contributed by atoms with Crippen LogP contribution in [-0.2, 0) is 0 Å². The van der Waals surface area contributed by atoms with Gasteiger partial charge in [0, 0.05) is 17.8 Å². The van der Waals surface area contributed by atoms with Crippen molar-refractivity contribution < 1.29 is 4.79 Å². The molecule has 13 heavy (non-hydrogen) atoms. The summed E-state index contributed by atoms with van der Waals surface area (Å²) in [5.74, 6) is 0.307. The van der Waals surface area contributed by atoms with Crippen LogP contribution in [0.5, 0.6) is 0 Å². The molecule has 0 aromatic carbocycles. The minimum atomic E-state index is 0.307. The van der Waals surface area contributed by atoms with Gasteiger partial charge in [0.2, 0.25) is 0 Å². The van der Waals surface area contributed by atoms with Crippen LogP contribution in [0.1, 0.15) is 33.6 Å². The highest BCUT2D eigenvalue weighted by molar-refractivity contribution is 7.16. The van der Waals surface area contributed by atoms with Gasteiger partial charge in [-0.1, -0.05) is 0 Å². The van der Waals surface area contributed by atoms with Gasteiger partial charge in [-0.15, -0.1) is 11.3 Å². The van der Waals surface area contributed by atoms with Crippen molar-refractivity contribution in [2.75, 3.05) is 11.9 Å². The monoisotopic (exact) mass is 195 g/mol. The van der Waals surface area contributed by atoms with E-state index in [1.165, 1.54) is 10.4 Å². The van der Waals surface area contributed by atoms with E-state index < -0.39 is 0 Å². The van der Waals surface area contributed by atoms with Crippen molar-refractivity contribution in [2.45, 2.75) is 26.7 Å². The predicted molar refractivity (Wildman–Crippen MR) is 55.8 cm³/mol. The number of aryl methyl sites for hydroxylation is 1. The fourth-order valence-electron chi connectivity index (χ4n) is 1.66. The van der Waals surface area contributed by atoms with Crippen LogP contribution in [0.2, 0.25) is 0 Å². The van der Waals surface area contributed by atoms with Crippen LogP contribution in [0, 0.1) is 13.8 Å². The van der Waals surface area contributed by atoms with Crippen LogP contribution in [0.15, 0.2) is 0 Å². The number of hydrogen-bond donors (Lipinski definition) is 1. The molecule has 1 aliphatic heterocycles. The highest BCUT2D eigenvalue weighted by Gasteiger charge is 2.20. The van der Waals surface area contributed by atoms with Crippen molar-refractivity contribution in [1.82, 2.24) is 0 Å². The van der Waals surface area contributed by atoms with Crippen molar-refractivity contribution in [3.05, 3.63) is 16.0 Å². The van der Waals surface area contributed by atoms with Gasteiger partial charge in [-0.3, -0.25) is 4.79 Å². The van der Waals surface area contributed by atoms with Crippen molar-refractivity contribution in [3.63, 3.8) is 0 Å². The number of nitrogens with one attached hydrogen (secondary N) is 1. The average molecular weight is 195 g/mol. The predicted octanol–water partition coefficient (Wildman–Crippen LogP) is 2.75. The SMILES string of the molecule is Cc1sc2c(c1C)C(=O)CCCN2. The van der Waals surface area contributed by atoms with Crippen molar-refractivity contribution in [1.29, 1.82) is 0 Å². The Bertz CT molecular complexity index is 354. The van der Waals surface area contributed by atoms with E-state index in [1.54, 1.807) is 11.3 Å². The molecule has 70 valence electrons. The van der Waals surface area contributed by atoms with E-state index >= 15 is 0 Å². The summed E-state index contributed by atoms with van der Waals surface area (Å²) in [6.45, 7) is 5.04. The van der Waals surface area contributed by atoms with Gasteiger partial charge in [0.15, 0.2) is 5.78 Å². The third-order valence-electron chi connectivity index (χ3n) is 2.53. The summed E-state index contributed by atoms with van der Waals surface area (Å²) in [6, 6.07) is 0. The van der Waals surface area contributed by atoms with Crippen molar-refractivity contribution in [2.24, 2.45) is 0 Å². The smallest absolute Gasteiger partial charge is 0.166 e. The standard InChI is InChI=1S/C10H13NOS/c1-6-7(2)13-10-9(6)8(12)4-3-5-11-10/h11H,3-5H2,1-2H3. The van der Waals surface area contributed by atoms with E-state index in [0.717, 1.165) is 23.5 Å². The van der Waals surface area contributed by atoms with Crippen LogP contribution in [-0.4, -0.2) is 12.3 Å².